The van der Waals surface area contributed by atoms with Gasteiger partial charge >= 0.3 is 0 Å². The van der Waals surface area contributed by atoms with Gasteiger partial charge < -0.3 is 16.4 Å². The number of carbonyl (C=O) groups is 1. The topological polar surface area (TPSA) is 72.3 Å². The lowest BCUT2D eigenvalue weighted by Crippen LogP contribution is -2.40. The van der Waals surface area contributed by atoms with Crippen LogP contribution in [0.25, 0.3) is 0 Å². The van der Waals surface area contributed by atoms with Gasteiger partial charge in [0.25, 0.3) is 0 Å². The molecule has 100 valence electrons. The van der Waals surface area contributed by atoms with Crippen molar-refractivity contribution in [1.29, 1.82) is 0 Å². The van der Waals surface area contributed by atoms with Gasteiger partial charge in [0.1, 0.15) is 0 Å². The highest BCUT2D eigenvalue weighted by Gasteiger charge is 2.29. The minimum Gasteiger partial charge on any atom is -0.370 e. The molecule has 0 aromatic rings. The maximum absolute atomic E-state index is 10.7. The maximum Gasteiger partial charge on any atom is 0.217 e. The maximum atomic E-state index is 10.7. The van der Waals surface area contributed by atoms with Crippen molar-refractivity contribution in [3.8, 4) is 0 Å². The van der Waals surface area contributed by atoms with E-state index in [1.165, 1.54) is 19.3 Å². The summed E-state index contributed by atoms with van der Waals surface area (Å²) in [6, 6.07) is 0.665. The molecular formula is C13H27N3O. The van der Waals surface area contributed by atoms with E-state index in [0.717, 1.165) is 32.5 Å². The molecule has 2 unspecified atom stereocenters. The summed E-state index contributed by atoms with van der Waals surface area (Å²) in [5.74, 6) is 0.486. The first kappa shape index (κ1) is 14.5. The first-order valence-corrected chi connectivity index (χ1v) is 6.91. The van der Waals surface area contributed by atoms with Gasteiger partial charge in [0, 0.05) is 12.5 Å². The molecule has 0 bridgehead atoms. The molecule has 4 nitrogen and oxygen atoms in total. The fraction of sp³-hybridized carbons (Fsp3) is 0.923. The fourth-order valence-electron chi connectivity index (χ4n) is 2.95. The third kappa shape index (κ3) is 4.64. The fourth-order valence-corrected chi connectivity index (χ4v) is 2.95. The lowest BCUT2D eigenvalue weighted by atomic mass is 10.0. The number of rotatable bonds is 8. The second kappa shape index (κ2) is 7.67. The van der Waals surface area contributed by atoms with Gasteiger partial charge in [-0.2, -0.15) is 0 Å². The van der Waals surface area contributed by atoms with E-state index in [2.05, 4.69) is 11.8 Å². The number of hydrogen-bond acceptors (Lipinski definition) is 3. The Bertz CT molecular complexity index is 233. The summed E-state index contributed by atoms with van der Waals surface area (Å²) >= 11 is 0. The van der Waals surface area contributed by atoms with Gasteiger partial charge in [-0.05, 0) is 51.2 Å². The molecule has 1 rings (SSSR count). The molecule has 0 aliphatic heterocycles. The third-order valence-corrected chi connectivity index (χ3v) is 3.92. The SMILES string of the molecule is CCN(CCCCC(N)=O)C1CCCC1CN. The van der Waals surface area contributed by atoms with E-state index in [1.807, 2.05) is 0 Å². The van der Waals surface area contributed by atoms with Crippen LogP contribution in [0.2, 0.25) is 0 Å². The van der Waals surface area contributed by atoms with Crippen LogP contribution in [0.3, 0.4) is 0 Å². The van der Waals surface area contributed by atoms with Gasteiger partial charge in [0.15, 0.2) is 0 Å². The minimum absolute atomic E-state index is 0.186. The van der Waals surface area contributed by atoms with Crippen LogP contribution < -0.4 is 11.5 Å². The van der Waals surface area contributed by atoms with Crippen LogP contribution in [0.1, 0.15) is 45.4 Å². The molecule has 1 amide bonds. The Labute approximate surface area is 105 Å². The van der Waals surface area contributed by atoms with Crippen molar-refractivity contribution in [2.45, 2.75) is 51.5 Å². The molecule has 0 spiro atoms. The molecule has 17 heavy (non-hydrogen) atoms. The minimum atomic E-state index is -0.186. The van der Waals surface area contributed by atoms with E-state index in [0.29, 0.717) is 18.4 Å². The van der Waals surface area contributed by atoms with E-state index >= 15 is 0 Å². The van der Waals surface area contributed by atoms with Gasteiger partial charge in [0.05, 0.1) is 0 Å². The highest BCUT2D eigenvalue weighted by Crippen LogP contribution is 2.29. The summed E-state index contributed by atoms with van der Waals surface area (Å²) < 4.78 is 0. The van der Waals surface area contributed by atoms with E-state index in [9.17, 15) is 4.79 Å². The molecule has 1 aliphatic rings. The van der Waals surface area contributed by atoms with E-state index in [1.54, 1.807) is 0 Å². The van der Waals surface area contributed by atoms with Gasteiger partial charge in [0.2, 0.25) is 5.91 Å². The second-order valence-corrected chi connectivity index (χ2v) is 5.05. The third-order valence-electron chi connectivity index (χ3n) is 3.92. The Morgan fingerprint density at radius 3 is 2.71 bits per heavy atom. The predicted octanol–water partition coefficient (Wildman–Crippen LogP) is 1.09. The lowest BCUT2D eigenvalue weighted by Gasteiger charge is -2.31. The smallest absolute Gasteiger partial charge is 0.217 e. The molecule has 0 saturated heterocycles. The van der Waals surface area contributed by atoms with Crippen LogP contribution in [0.4, 0.5) is 0 Å². The summed E-state index contributed by atoms with van der Waals surface area (Å²) in [5.41, 5.74) is 11.0. The average molecular weight is 241 g/mol. The van der Waals surface area contributed by atoms with Crippen molar-refractivity contribution in [2.24, 2.45) is 17.4 Å². The van der Waals surface area contributed by atoms with Gasteiger partial charge in [-0.15, -0.1) is 0 Å². The standard InChI is InChI=1S/C13H27N3O/c1-2-16(9-4-3-8-13(15)17)12-7-5-6-11(12)10-14/h11-12H,2-10,14H2,1H3,(H2,15,17). The van der Waals surface area contributed by atoms with E-state index in [4.69, 9.17) is 11.5 Å². The van der Waals surface area contributed by atoms with E-state index in [-0.39, 0.29) is 5.91 Å². The molecule has 0 radical (unpaired) electrons. The van der Waals surface area contributed by atoms with Crippen LogP contribution in [0, 0.1) is 5.92 Å². The summed E-state index contributed by atoms with van der Waals surface area (Å²) in [6.07, 6.45) is 6.35. The molecule has 1 aliphatic carbocycles. The molecule has 2 atom stereocenters. The Kier molecular flexibility index (Phi) is 6.52. The molecular weight excluding hydrogens is 214 g/mol. The van der Waals surface area contributed by atoms with Crippen molar-refractivity contribution < 1.29 is 4.79 Å². The van der Waals surface area contributed by atoms with Gasteiger partial charge in [-0.1, -0.05) is 13.3 Å². The molecule has 0 aromatic heterocycles. The molecule has 1 fully saturated rings. The number of nitrogens with zero attached hydrogens (tertiary/aromatic N) is 1. The highest BCUT2D eigenvalue weighted by molar-refractivity contribution is 5.73. The number of carbonyl (C=O) groups excluding carboxylic acids is 1. The highest BCUT2D eigenvalue weighted by atomic mass is 16.1. The molecule has 1 saturated carbocycles. The number of amides is 1. The Morgan fingerprint density at radius 1 is 1.35 bits per heavy atom. The van der Waals surface area contributed by atoms with Crippen LogP contribution in [0.5, 0.6) is 0 Å². The monoisotopic (exact) mass is 241 g/mol. The van der Waals surface area contributed by atoms with Crippen LogP contribution in [-0.4, -0.2) is 36.5 Å². The van der Waals surface area contributed by atoms with Crippen molar-refractivity contribution >= 4 is 5.91 Å². The average Bonchev–Trinajstić information content (AvgIpc) is 2.77. The normalized spacial score (nSPS) is 24.4. The van der Waals surface area contributed by atoms with Crippen molar-refractivity contribution in [3.63, 3.8) is 0 Å². The zero-order valence-electron chi connectivity index (χ0n) is 11.0. The van der Waals surface area contributed by atoms with Crippen LogP contribution in [0.15, 0.2) is 0 Å². The van der Waals surface area contributed by atoms with E-state index < -0.39 is 0 Å². The van der Waals surface area contributed by atoms with Crippen molar-refractivity contribution in [2.75, 3.05) is 19.6 Å². The molecule has 0 heterocycles. The summed E-state index contributed by atoms with van der Waals surface area (Å²) in [6.45, 7) is 5.17. The van der Waals surface area contributed by atoms with Gasteiger partial charge in [-0.25, -0.2) is 0 Å². The zero-order valence-corrected chi connectivity index (χ0v) is 11.0. The summed E-state index contributed by atoms with van der Waals surface area (Å²) in [5, 5.41) is 0. The Hall–Kier alpha value is -0.610. The summed E-state index contributed by atoms with van der Waals surface area (Å²) in [7, 11) is 0. The number of unbranched alkanes of at least 4 members (excludes halogenated alkanes) is 1. The Balaban J connectivity index is 2.29. The van der Waals surface area contributed by atoms with Crippen LogP contribution in [-0.2, 0) is 4.79 Å². The van der Waals surface area contributed by atoms with Gasteiger partial charge in [-0.3, -0.25) is 4.79 Å². The first-order valence-electron chi connectivity index (χ1n) is 6.91. The first-order chi connectivity index (χ1) is 8.19. The second-order valence-electron chi connectivity index (χ2n) is 5.05. The Morgan fingerprint density at radius 2 is 2.12 bits per heavy atom. The predicted molar refractivity (Wildman–Crippen MR) is 70.5 cm³/mol. The quantitative estimate of drug-likeness (QED) is 0.625. The van der Waals surface area contributed by atoms with Crippen molar-refractivity contribution in [3.05, 3.63) is 0 Å². The molecule has 4 heteroatoms. The molecule has 0 aromatic carbocycles. The van der Waals surface area contributed by atoms with Crippen molar-refractivity contribution in [1.82, 2.24) is 4.90 Å². The van der Waals surface area contributed by atoms with Crippen LogP contribution >= 0.6 is 0 Å². The largest absolute Gasteiger partial charge is 0.370 e. The molecule has 4 N–H and O–H groups in total. The number of nitrogens with two attached hydrogens (primary N) is 2. The number of hydrogen-bond donors (Lipinski definition) is 2. The number of primary amides is 1. The summed E-state index contributed by atoms with van der Waals surface area (Å²) in [4.78, 5) is 13.2. The zero-order chi connectivity index (χ0) is 12.7. The lowest BCUT2D eigenvalue weighted by molar-refractivity contribution is -0.118.